The highest BCUT2D eigenvalue weighted by molar-refractivity contribution is 7.47. The molecule has 0 saturated carbocycles. The zero-order chi connectivity index (χ0) is 37.8. The van der Waals surface area contributed by atoms with E-state index in [1.54, 1.807) is 0 Å². The number of phosphoric acid groups is 1. The molecule has 0 radical (unpaired) electrons. The minimum atomic E-state index is -4.42. The molecule has 0 spiro atoms. The highest BCUT2D eigenvalue weighted by Gasteiger charge is 2.50. The average molecular weight is 751 g/mol. The van der Waals surface area contributed by atoms with Gasteiger partial charge in [-0.3, -0.25) is 18.6 Å². The Morgan fingerprint density at radius 2 is 1.02 bits per heavy atom. The summed E-state index contributed by atoms with van der Waals surface area (Å²) in [7, 11) is 2.81. The Kier molecular flexibility index (Phi) is 27.6. The summed E-state index contributed by atoms with van der Waals surface area (Å²) in [6, 6.07) is 0. The molecule has 0 aromatic heterocycles. The number of unbranched alkanes of at least 4 members (excludes halogenated alkanes) is 20. The van der Waals surface area contributed by atoms with Crippen LogP contribution in [0.1, 0.15) is 168 Å². The summed E-state index contributed by atoms with van der Waals surface area (Å²) in [5.41, 5.74) is 0. The molecule has 11 nitrogen and oxygen atoms in total. The van der Waals surface area contributed by atoms with Crippen LogP contribution >= 0.6 is 7.82 Å². The Hall–Kier alpha value is -1.07. The van der Waals surface area contributed by atoms with Crippen LogP contribution in [0.15, 0.2) is 0 Å². The number of carbonyl (C=O) groups excluding carboxylic acids is 2. The van der Waals surface area contributed by atoms with Crippen molar-refractivity contribution in [2.45, 2.75) is 193 Å². The van der Waals surface area contributed by atoms with Gasteiger partial charge in [-0.1, -0.05) is 142 Å². The van der Waals surface area contributed by atoms with Crippen LogP contribution in [0.4, 0.5) is 0 Å². The third kappa shape index (κ3) is 25.6. The molecular weight excluding hydrogens is 673 g/mol. The Labute approximate surface area is 311 Å². The maximum absolute atomic E-state index is 13.0. The maximum Gasteiger partial charge on any atom is 0.472 e. The van der Waals surface area contributed by atoms with Crippen molar-refractivity contribution in [3.05, 3.63) is 0 Å². The van der Waals surface area contributed by atoms with E-state index >= 15 is 0 Å². The predicted octanol–water partition coefficient (Wildman–Crippen LogP) is 9.42. The normalized spacial score (nSPS) is 20.4. The molecule has 0 aromatic carbocycles. The molecule has 1 N–H and O–H groups in total. The predicted molar refractivity (Wildman–Crippen MR) is 202 cm³/mol. The first-order valence-electron chi connectivity index (χ1n) is 20.4. The zero-order valence-electron chi connectivity index (χ0n) is 33.4. The van der Waals surface area contributed by atoms with Gasteiger partial charge in [0.1, 0.15) is 19.3 Å². The van der Waals surface area contributed by atoms with Crippen LogP contribution in [0.5, 0.6) is 0 Å². The molecule has 1 saturated heterocycles. The molecule has 0 aromatic rings. The first-order chi connectivity index (χ1) is 24.4. The molecule has 0 amide bonds. The number of methoxy groups -OCH3 is 1. The summed E-state index contributed by atoms with van der Waals surface area (Å²) in [4.78, 5) is 36.3. The van der Waals surface area contributed by atoms with E-state index in [4.69, 9.17) is 28.0 Å². The first kappa shape index (κ1) is 48.0. The number of ether oxygens (including phenoxy) is 4. The number of likely N-dealkylation sites (N-methyl/N-ethyl adjacent to an activating group) is 1. The SMILES string of the molecule is CCCCCCCCCCCCCC(=O)O[C@H]1[C@H](OC)O[C@H](COP(=O)(O)OCC[N+](C)(C)C)[C@H]1OC(=O)CCCCCCCCCCCCC. The molecule has 0 bridgehead atoms. The topological polar surface area (TPSA) is 127 Å². The molecule has 5 atom stereocenters. The molecule has 1 rings (SSSR count). The fraction of sp³-hybridized carbons (Fsp3) is 0.949. The minimum Gasteiger partial charge on any atom is -0.455 e. The van der Waals surface area contributed by atoms with E-state index in [0.717, 1.165) is 38.5 Å². The zero-order valence-corrected chi connectivity index (χ0v) is 34.3. The number of hydrogen-bond donors (Lipinski definition) is 1. The van der Waals surface area contributed by atoms with Gasteiger partial charge < -0.3 is 28.3 Å². The van der Waals surface area contributed by atoms with E-state index in [0.29, 0.717) is 23.9 Å². The number of esters is 2. The summed E-state index contributed by atoms with van der Waals surface area (Å²) in [5.74, 6) is -0.870. The van der Waals surface area contributed by atoms with Crippen molar-refractivity contribution in [1.82, 2.24) is 0 Å². The second kappa shape index (κ2) is 29.3. The lowest BCUT2D eigenvalue weighted by Crippen LogP contribution is -2.42. The Morgan fingerprint density at radius 1 is 0.627 bits per heavy atom. The van der Waals surface area contributed by atoms with Crippen LogP contribution in [0.3, 0.4) is 0 Å². The molecule has 51 heavy (non-hydrogen) atoms. The van der Waals surface area contributed by atoms with Crippen LogP contribution in [0.2, 0.25) is 0 Å². The fourth-order valence-electron chi connectivity index (χ4n) is 6.21. The third-order valence-corrected chi connectivity index (χ3v) is 10.4. The molecule has 12 heteroatoms. The van der Waals surface area contributed by atoms with Gasteiger partial charge in [0.05, 0.1) is 27.7 Å². The van der Waals surface area contributed by atoms with Gasteiger partial charge in [-0.15, -0.1) is 0 Å². The van der Waals surface area contributed by atoms with Crippen LogP contribution in [-0.2, 0) is 42.1 Å². The maximum atomic E-state index is 13.0. The van der Waals surface area contributed by atoms with Crippen molar-refractivity contribution in [2.75, 3.05) is 48.0 Å². The van der Waals surface area contributed by atoms with E-state index in [-0.39, 0.29) is 19.4 Å². The summed E-state index contributed by atoms with van der Waals surface area (Å²) in [5, 5.41) is 0. The molecule has 1 fully saturated rings. The molecule has 1 unspecified atom stereocenters. The van der Waals surface area contributed by atoms with Crippen molar-refractivity contribution < 1.29 is 51.5 Å². The summed E-state index contributed by atoms with van der Waals surface area (Å²) in [6.45, 7) is 4.56. The molecule has 1 aliphatic heterocycles. The van der Waals surface area contributed by atoms with Gasteiger partial charge in [-0.25, -0.2) is 4.57 Å². The van der Waals surface area contributed by atoms with E-state index in [1.165, 1.54) is 97.0 Å². The van der Waals surface area contributed by atoms with Crippen LogP contribution in [0.25, 0.3) is 0 Å². The van der Waals surface area contributed by atoms with E-state index < -0.39 is 51.0 Å². The first-order valence-corrected chi connectivity index (χ1v) is 21.9. The number of nitrogens with zero attached hydrogens (tertiary/aromatic N) is 1. The van der Waals surface area contributed by atoms with Crippen LogP contribution in [0, 0.1) is 0 Å². The monoisotopic (exact) mass is 751 g/mol. The van der Waals surface area contributed by atoms with Crippen molar-refractivity contribution in [1.29, 1.82) is 0 Å². The number of hydrogen-bond acceptors (Lipinski definition) is 9. The summed E-state index contributed by atoms with van der Waals surface area (Å²) >= 11 is 0. The van der Waals surface area contributed by atoms with E-state index in [9.17, 15) is 19.0 Å². The molecule has 1 aliphatic rings. The minimum absolute atomic E-state index is 0.0140. The van der Waals surface area contributed by atoms with Gasteiger partial charge >= 0.3 is 19.8 Å². The van der Waals surface area contributed by atoms with Crippen LogP contribution < -0.4 is 0 Å². The molecule has 1 heterocycles. The standard InChI is InChI=1S/C39H76NO10P/c1-7-9-11-13-15-17-19-21-23-25-27-29-35(41)49-37-34(33-47-51(43,44)46-32-31-40(3,4)5)48-39(45-6)38(37)50-36(42)30-28-26-24-22-20-18-16-14-12-10-8-2/h34,37-39H,7-33H2,1-6H3/p+1/t34-,37-,38-,39-/m1/s1. The smallest absolute Gasteiger partial charge is 0.455 e. The second-order valence-corrected chi connectivity index (χ2v) is 16.8. The van der Waals surface area contributed by atoms with Gasteiger partial charge in [0.15, 0.2) is 18.5 Å². The molecular formula is C39H77NO10P+. The number of carbonyl (C=O) groups is 2. The van der Waals surface area contributed by atoms with Gasteiger partial charge in [0.2, 0.25) is 0 Å². The largest absolute Gasteiger partial charge is 0.472 e. The highest BCUT2D eigenvalue weighted by atomic mass is 31.2. The summed E-state index contributed by atoms with van der Waals surface area (Å²) in [6.07, 6.45) is 22.0. The van der Waals surface area contributed by atoms with Gasteiger partial charge in [-0.2, -0.15) is 0 Å². The van der Waals surface area contributed by atoms with Crippen molar-refractivity contribution in [3.8, 4) is 0 Å². The Balaban J connectivity index is 2.64. The average Bonchev–Trinajstić information content (AvgIpc) is 3.39. The van der Waals surface area contributed by atoms with Gasteiger partial charge in [-0.05, 0) is 12.8 Å². The fourth-order valence-corrected chi connectivity index (χ4v) is 6.93. The Bertz CT molecular complexity index is 930. The molecule has 302 valence electrons. The quantitative estimate of drug-likeness (QED) is 0.0294. The Morgan fingerprint density at radius 3 is 1.41 bits per heavy atom. The molecule has 0 aliphatic carbocycles. The number of phosphoric ester groups is 1. The van der Waals surface area contributed by atoms with Gasteiger partial charge in [0.25, 0.3) is 0 Å². The third-order valence-electron chi connectivity index (χ3n) is 9.42. The van der Waals surface area contributed by atoms with Crippen LogP contribution in [-0.4, -0.2) is 93.9 Å². The second-order valence-electron chi connectivity index (χ2n) is 15.4. The number of quaternary nitrogens is 1. The highest BCUT2D eigenvalue weighted by Crippen LogP contribution is 2.44. The lowest BCUT2D eigenvalue weighted by molar-refractivity contribution is -0.870. The lowest BCUT2D eigenvalue weighted by atomic mass is 10.1. The van der Waals surface area contributed by atoms with Crippen molar-refractivity contribution >= 4 is 19.8 Å². The van der Waals surface area contributed by atoms with E-state index in [1.807, 2.05) is 21.1 Å². The van der Waals surface area contributed by atoms with Gasteiger partial charge in [0, 0.05) is 20.0 Å². The van der Waals surface area contributed by atoms with E-state index in [2.05, 4.69) is 13.8 Å². The summed E-state index contributed by atoms with van der Waals surface area (Å²) < 4.78 is 46.6. The van der Waals surface area contributed by atoms with Crippen molar-refractivity contribution in [2.24, 2.45) is 0 Å². The lowest BCUT2D eigenvalue weighted by Gasteiger charge is -2.25. The number of rotatable bonds is 34. The van der Waals surface area contributed by atoms with Crippen molar-refractivity contribution in [3.63, 3.8) is 0 Å².